The lowest BCUT2D eigenvalue weighted by Crippen LogP contribution is -2.22. The first-order chi connectivity index (χ1) is 16.9. The molecule has 9 heteroatoms. The number of amides is 1. The average Bonchev–Trinajstić information content (AvgIpc) is 3.45. The van der Waals surface area contributed by atoms with E-state index in [2.05, 4.69) is 15.3 Å². The van der Waals surface area contributed by atoms with Crippen LogP contribution in [-0.4, -0.2) is 26.5 Å². The molecule has 1 aliphatic heterocycles. The number of nitrogens with one attached hydrogen (secondary N) is 2. The molecule has 0 saturated carbocycles. The highest BCUT2D eigenvalue weighted by Gasteiger charge is 2.36. The Hall–Kier alpha value is -4.63. The summed E-state index contributed by atoms with van der Waals surface area (Å²) in [6, 6.07) is 19.4. The lowest BCUT2D eigenvalue weighted by atomic mass is 9.90. The lowest BCUT2D eigenvalue weighted by molar-refractivity contribution is -0.384. The van der Waals surface area contributed by atoms with Crippen molar-refractivity contribution in [2.45, 2.75) is 19.4 Å². The van der Waals surface area contributed by atoms with Gasteiger partial charge in [0.15, 0.2) is 0 Å². The number of H-pyrrole nitrogens is 1. The number of hydrogen-bond donors (Lipinski definition) is 3. The number of aryl methyl sites for hydroxylation is 1. The molecule has 35 heavy (non-hydrogen) atoms. The monoisotopic (exact) mass is 466 g/mol. The van der Waals surface area contributed by atoms with E-state index in [-0.39, 0.29) is 11.6 Å². The predicted molar refractivity (Wildman–Crippen MR) is 134 cm³/mol. The SMILES string of the molecule is Cc1ncc(-c2ccc(N=C(c3ccc(CN)cc3)C3C(=O)Nc4ccc([N+](=O)[O-])cc43)cc2)[nH]1. The maximum Gasteiger partial charge on any atom is 0.269 e. The number of benzene rings is 3. The Bertz CT molecular complexity index is 1460. The highest BCUT2D eigenvalue weighted by atomic mass is 16.6. The molecule has 1 atom stereocenters. The highest BCUT2D eigenvalue weighted by Crippen LogP contribution is 2.38. The molecular weight excluding hydrogens is 444 g/mol. The van der Waals surface area contributed by atoms with Crippen LogP contribution in [0.2, 0.25) is 0 Å². The Morgan fingerprint density at radius 1 is 1.11 bits per heavy atom. The van der Waals surface area contributed by atoms with E-state index >= 15 is 0 Å². The number of aliphatic imine (C=N–C) groups is 1. The number of nitrogens with two attached hydrogens (primary N) is 1. The molecule has 1 aromatic heterocycles. The summed E-state index contributed by atoms with van der Waals surface area (Å²) >= 11 is 0. The van der Waals surface area contributed by atoms with E-state index in [1.807, 2.05) is 55.5 Å². The summed E-state index contributed by atoms with van der Waals surface area (Å²) in [6.45, 7) is 2.28. The molecule has 0 saturated heterocycles. The molecule has 0 spiro atoms. The van der Waals surface area contributed by atoms with Gasteiger partial charge in [-0.1, -0.05) is 36.4 Å². The minimum Gasteiger partial charge on any atom is -0.342 e. The summed E-state index contributed by atoms with van der Waals surface area (Å²) in [5.74, 6) is -0.263. The van der Waals surface area contributed by atoms with Gasteiger partial charge in [0, 0.05) is 29.9 Å². The molecule has 9 nitrogen and oxygen atoms in total. The Morgan fingerprint density at radius 2 is 1.86 bits per heavy atom. The number of nitro benzene ring substituents is 1. The van der Waals surface area contributed by atoms with Crippen LogP contribution in [0.4, 0.5) is 17.1 Å². The molecule has 1 aliphatic rings. The van der Waals surface area contributed by atoms with Crippen molar-refractivity contribution in [3.8, 4) is 11.3 Å². The van der Waals surface area contributed by atoms with Gasteiger partial charge in [-0.15, -0.1) is 0 Å². The van der Waals surface area contributed by atoms with Crippen molar-refractivity contribution in [1.82, 2.24) is 9.97 Å². The van der Waals surface area contributed by atoms with E-state index < -0.39 is 10.8 Å². The number of hydrogen-bond acceptors (Lipinski definition) is 6. The van der Waals surface area contributed by atoms with Crippen molar-refractivity contribution in [1.29, 1.82) is 0 Å². The number of carbonyl (C=O) groups excluding carboxylic acids is 1. The molecule has 1 amide bonds. The minimum absolute atomic E-state index is 0.0812. The van der Waals surface area contributed by atoms with Gasteiger partial charge in [-0.05, 0) is 41.8 Å². The van der Waals surface area contributed by atoms with Crippen molar-refractivity contribution in [3.05, 3.63) is 106 Å². The molecule has 0 aliphatic carbocycles. The van der Waals surface area contributed by atoms with Crippen LogP contribution >= 0.6 is 0 Å². The van der Waals surface area contributed by atoms with Crippen LogP contribution in [0.1, 0.15) is 28.4 Å². The third-order valence-electron chi connectivity index (χ3n) is 5.97. The number of anilines is 1. The summed E-state index contributed by atoms with van der Waals surface area (Å²) in [5, 5.41) is 14.2. The quantitative estimate of drug-likeness (QED) is 0.216. The molecule has 5 rings (SSSR count). The normalized spacial score (nSPS) is 15.1. The molecule has 174 valence electrons. The van der Waals surface area contributed by atoms with Gasteiger partial charge in [0.2, 0.25) is 5.91 Å². The van der Waals surface area contributed by atoms with Gasteiger partial charge in [-0.2, -0.15) is 0 Å². The van der Waals surface area contributed by atoms with Gasteiger partial charge >= 0.3 is 0 Å². The largest absolute Gasteiger partial charge is 0.342 e. The van der Waals surface area contributed by atoms with E-state index in [1.54, 1.807) is 12.3 Å². The Balaban J connectivity index is 1.61. The predicted octanol–water partition coefficient (Wildman–Crippen LogP) is 4.61. The van der Waals surface area contributed by atoms with Crippen LogP contribution in [0.15, 0.2) is 77.9 Å². The number of fused-ring (bicyclic) bond motifs is 1. The van der Waals surface area contributed by atoms with E-state index in [4.69, 9.17) is 10.7 Å². The summed E-state index contributed by atoms with van der Waals surface area (Å²) in [7, 11) is 0. The molecule has 4 N–H and O–H groups in total. The van der Waals surface area contributed by atoms with Crippen molar-refractivity contribution in [2.24, 2.45) is 10.7 Å². The van der Waals surface area contributed by atoms with Crippen LogP contribution in [0.3, 0.4) is 0 Å². The minimum atomic E-state index is -0.802. The van der Waals surface area contributed by atoms with Crippen LogP contribution in [0.25, 0.3) is 11.3 Å². The summed E-state index contributed by atoms with van der Waals surface area (Å²) in [6.07, 6.45) is 1.77. The highest BCUT2D eigenvalue weighted by molar-refractivity contribution is 6.24. The first-order valence-electron chi connectivity index (χ1n) is 11.0. The first-order valence-corrected chi connectivity index (χ1v) is 11.0. The van der Waals surface area contributed by atoms with Crippen molar-refractivity contribution < 1.29 is 9.72 Å². The van der Waals surface area contributed by atoms with Crippen LogP contribution in [0.5, 0.6) is 0 Å². The number of aromatic nitrogens is 2. The fourth-order valence-corrected chi connectivity index (χ4v) is 4.16. The Kier molecular flexibility index (Phi) is 5.68. The fraction of sp³-hybridized carbons (Fsp3) is 0.115. The van der Waals surface area contributed by atoms with Crippen molar-refractivity contribution in [3.63, 3.8) is 0 Å². The standard InChI is InChI=1S/C26H22N6O3/c1-15-28-14-23(29-15)17-6-8-19(9-7-17)30-25(18-4-2-16(13-27)3-5-18)24-21-12-20(32(34)35)10-11-22(21)31-26(24)33/h2-12,14,24H,13,27H2,1H3,(H,28,29)(H,31,33). The first kappa shape index (κ1) is 22.2. The van der Waals surface area contributed by atoms with E-state index in [0.717, 1.165) is 28.2 Å². The zero-order valence-electron chi connectivity index (χ0n) is 18.9. The average molecular weight is 467 g/mol. The second-order valence-electron chi connectivity index (χ2n) is 8.28. The summed E-state index contributed by atoms with van der Waals surface area (Å²) in [5.41, 5.74) is 11.4. The molecule has 2 heterocycles. The van der Waals surface area contributed by atoms with Crippen LogP contribution in [0, 0.1) is 17.0 Å². The van der Waals surface area contributed by atoms with E-state index in [9.17, 15) is 14.9 Å². The van der Waals surface area contributed by atoms with Gasteiger partial charge in [0.1, 0.15) is 11.7 Å². The Labute approximate surface area is 200 Å². The maximum atomic E-state index is 13.1. The molecule has 4 aromatic rings. The van der Waals surface area contributed by atoms with Crippen LogP contribution in [-0.2, 0) is 11.3 Å². The molecule has 1 unspecified atom stereocenters. The molecular formula is C26H22N6O3. The number of carbonyl (C=O) groups is 1. The summed E-state index contributed by atoms with van der Waals surface area (Å²) < 4.78 is 0. The number of non-ortho nitro benzene ring substituents is 1. The topological polar surface area (TPSA) is 139 Å². The Morgan fingerprint density at radius 3 is 2.49 bits per heavy atom. The molecule has 0 fully saturated rings. The van der Waals surface area contributed by atoms with E-state index in [0.29, 0.717) is 29.2 Å². The lowest BCUT2D eigenvalue weighted by Gasteiger charge is -2.14. The van der Waals surface area contributed by atoms with Crippen molar-refractivity contribution >= 4 is 28.7 Å². The molecule has 3 aromatic carbocycles. The number of imidazole rings is 1. The van der Waals surface area contributed by atoms with Gasteiger partial charge in [-0.25, -0.2) is 4.98 Å². The van der Waals surface area contributed by atoms with Crippen molar-refractivity contribution in [2.75, 3.05) is 5.32 Å². The molecule has 0 bridgehead atoms. The zero-order valence-corrected chi connectivity index (χ0v) is 18.9. The number of rotatable bonds is 6. The second kappa shape index (κ2) is 8.96. The van der Waals surface area contributed by atoms with Crippen LogP contribution < -0.4 is 11.1 Å². The number of nitrogens with zero attached hydrogens (tertiary/aromatic N) is 3. The fourth-order valence-electron chi connectivity index (χ4n) is 4.16. The summed E-state index contributed by atoms with van der Waals surface area (Å²) in [4.78, 5) is 36.3. The number of nitro groups is 1. The van der Waals surface area contributed by atoms with Gasteiger partial charge in [0.05, 0.1) is 28.2 Å². The van der Waals surface area contributed by atoms with Gasteiger partial charge in [-0.3, -0.25) is 19.9 Å². The molecule has 0 radical (unpaired) electrons. The second-order valence-corrected chi connectivity index (χ2v) is 8.28. The van der Waals surface area contributed by atoms with E-state index in [1.165, 1.54) is 12.1 Å². The zero-order chi connectivity index (χ0) is 24.5. The maximum absolute atomic E-state index is 13.1. The van der Waals surface area contributed by atoms with Gasteiger partial charge < -0.3 is 16.0 Å². The third-order valence-corrected chi connectivity index (χ3v) is 5.97. The van der Waals surface area contributed by atoms with Gasteiger partial charge in [0.25, 0.3) is 5.69 Å². The number of aromatic amines is 1. The smallest absolute Gasteiger partial charge is 0.269 e. The third kappa shape index (κ3) is 4.32.